The van der Waals surface area contributed by atoms with Crippen molar-refractivity contribution in [3.8, 4) is 6.07 Å². The molecular formula is C21H28N4O5S. The summed E-state index contributed by atoms with van der Waals surface area (Å²) >= 11 is 0. The lowest BCUT2D eigenvalue weighted by molar-refractivity contribution is -0.112. The largest absolute Gasteiger partial charge is 0.462 e. The van der Waals surface area contributed by atoms with Crippen LogP contribution in [0, 0.1) is 11.3 Å². The van der Waals surface area contributed by atoms with Crippen molar-refractivity contribution in [3.05, 3.63) is 41.6 Å². The van der Waals surface area contributed by atoms with Gasteiger partial charge in [0.15, 0.2) is 9.84 Å². The number of anilines is 1. The van der Waals surface area contributed by atoms with E-state index in [4.69, 9.17) is 4.74 Å². The molecule has 1 aromatic rings. The quantitative estimate of drug-likeness (QED) is 0.341. The van der Waals surface area contributed by atoms with Gasteiger partial charge in [0.05, 0.1) is 23.7 Å². The monoisotopic (exact) mass is 448 g/mol. The van der Waals surface area contributed by atoms with Crippen LogP contribution in [0.4, 0.5) is 5.69 Å². The highest BCUT2D eigenvalue weighted by molar-refractivity contribution is 7.91. The Morgan fingerprint density at radius 1 is 1.26 bits per heavy atom. The van der Waals surface area contributed by atoms with Crippen molar-refractivity contribution in [2.75, 3.05) is 50.6 Å². The molecule has 0 bridgehead atoms. The zero-order valence-electron chi connectivity index (χ0n) is 18.0. The average Bonchev–Trinajstić information content (AvgIpc) is 3.08. The second-order valence-corrected chi connectivity index (χ2v) is 9.73. The van der Waals surface area contributed by atoms with Crippen molar-refractivity contribution in [1.29, 1.82) is 5.26 Å². The molecule has 9 nitrogen and oxygen atoms in total. The highest BCUT2D eigenvalue weighted by Crippen LogP contribution is 2.19. The summed E-state index contributed by atoms with van der Waals surface area (Å²) in [5.41, 5.74) is 0.646. The first-order valence-corrected chi connectivity index (χ1v) is 11.8. The number of hydrogen-bond donors (Lipinski definition) is 1. The highest BCUT2D eigenvalue weighted by Gasteiger charge is 2.31. The minimum atomic E-state index is -3.11. The Hall–Kier alpha value is -2.90. The lowest BCUT2D eigenvalue weighted by atomic mass is 10.2. The van der Waals surface area contributed by atoms with Gasteiger partial charge in [0, 0.05) is 31.0 Å². The molecule has 168 valence electrons. The molecule has 0 saturated carbocycles. The van der Waals surface area contributed by atoms with Gasteiger partial charge in [0.2, 0.25) is 0 Å². The second-order valence-electron chi connectivity index (χ2n) is 7.50. The van der Waals surface area contributed by atoms with E-state index >= 15 is 0 Å². The summed E-state index contributed by atoms with van der Waals surface area (Å²) in [5.74, 6) is -0.958. The van der Waals surface area contributed by atoms with E-state index in [0.717, 1.165) is 0 Å². The highest BCUT2D eigenvalue weighted by atomic mass is 32.2. The minimum Gasteiger partial charge on any atom is -0.462 e. The summed E-state index contributed by atoms with van der Waals surface area (Å²) in [4.78, 5) is 28.1. The normalized spacial score (nSPS) is 17.8. The fourth-order valence-electron chi connectivity index (χ4n) is 3.11. The first-order chi connectivity index (χ1) is 14.6. The summed E-state index contributed by atoms with van der Waals surface area (Å²) in [7, 11) is 0.676. The maximum atomic E-state index is 12.6. The van der Waals surface area contributed by atoms with Crippen LogP contribution in [0.5, 0.6) is 0 Å². The summed E-state index contributed by atoms with van der Waals surface area (Å²) < 4.78 is 28.7. The molecule has 1 amide bonds. The molecule has 1 unspecified atom stereocenters. The van der Waals surface area contributed by atoms with Crippen LogP contribution in [-0.2, 0) is 19.4 Å². The minimum absolute atomic E-state index is 0.00653. The molecular weight excluding hydrogens is 420 g/mol. The number of carbonyl (C=O) groups excluding carboxylic acids is 2. The summed E-state index contributed by atoms with van der Waals surface area (Å²) in [6.07, 6.45) is 1.90. The Balaban J connectivity index is 2.15. The number of likely N-dealkylation sites (N-methyl/N-ethyl adjacent to an activating group) is 1. The van der Waals surface area contributed by atoms with Crippen molar-refractivity contribution in [2.45, 2.75) is 19.4 Å². The van der Waals surface area contributed by atoms with E-state index < -0.39 is 21.7 Å². The number of amides is 1. The van der Waals surface area contributed by atoms with E-state index in [1.807, 2.05) is 25.1 Å². The topological polar surface area (TPSA) is 120 Å². The number of nitrogens with zero attached hydrogens (tertiary/aromatic N) is 3. The molecule has 0 aromatic heterocycles. The third-order valence-corrected chi connectivity index (χ3v) is 6.55. The summed E-state index contributed by atoms with van der Waals surface area (Å²) in [6, 6.07) is 7.77. The van der Waals surface area contributed by atoms with Gasteiger partial charge >= 0.3 is 5.97 Å². The van der Waals surface area contributed by atoms with E-state index in [-0.39, 0.29) is 29.7 Å². The Labute approximate surface area is 183 Å². The smallest absolute Gasteiger partial charge is 0.338 e. The number of nitriles is 1. The van der Waals surface area contributed by atoms with E-state index in [2.05, 4.69) is 5.32 Å². The van der Waals surface area contributed by atoms with Gasteiger partial charge in [0.1, 0.15) is 11.6 Å². The maximum Gasteiger partial charge on any atom is 0.338 e. The van der Waals surface area contributed by atoms with E-state index in [9.17, 15) is 23.3 Å². The lowest BCUT2D eigenvalue weighted by Crippen LogP contribution is -2.37. The van der Waals surface area contributed by atoms with Crippen molar-refractivity contribution in [3.63, 3.8) is 0 Å². The molecule has 1 aromatic carbocycles. The number of rotatable bonds is 9. The van der Waals surface area contributed by atoms with Crippen LogP contribution in [0.15, 0.2) is 36.0 Å². The third kappa shape index (κ3) is 7.38. The van der Waals surface area contributed by atoms with E-state index in [0.29, 0.717) is 30.8 Å². The maximum absolute atomic E-state index is 12.6. The van der Waals surface area contributed by atoms with Crippen molar-refractivity contribution >= 4 is 27.4 Å². The molecule has 31 heavy (non-hydrogen) atoms. The van der Waals surface area contributed by atoms with E-state index in [1.165, 1.54) is 18.3 Å². The number of nitrogens with one attached hydrogen (secondary N) is 1. The molecule has 1 aliphatic heterocycles. The van der Waals surface area contributed by atoms with Gasteiger partial charge in [-0.05, 0) is 51.7 Å². The number of benzene rings is 1. The predicted molar refractivity (Wildman–Crippen MR) is 117 cm³/mol. The summed E-state index contributed by atoms with van der Waals surface area (Å²) in [5, 5.41) is 12.2. The van der Waals surface area contributed by atoms with Gasteiger partial charge in [0.25, 0.3) is 5.91 Å². The van der Waals surface area contributed by atoms with Crippen LogP contribution >= 0.6 is 0 Å². The van der Waals surface area contributed by atoms with Gasteiger partial charge in [-0.3, -0.25) is 4.79 Å². The SMILES string of the molecule is CCOC(=O)c1ccc(NC(=O)/C(C#N)=C\N(CCN(C)C)C2CCS(=O)(=O)C2)cc1. The number of carbonyl (C=O) groups is 2. The number of esters is 1. The zero-order chi connectivity index (χ0) is 23.0. The molecule has 1 fully saturated rings. The second kappa shape index (κ2) is 10.9. The van der Waals surface area contributed by atoms with Gasteiger partial charge in [-0.2, -0.15) is 5.26 Å². The summed E-state index contributed by atoms with van der Waals surface area (Å²) in [6.45, 7) is 3.11. The first kappa shape index (κ1) is 24.4. The molecule has 0 aliphatic carbocycles. The molecule has 2 rings (SSSR count). The lowest BCUT2D eigenvalue weighted by Gasteiger charge is -2.28. The van der Waals surface area contributed by atoms with Crippen LogP contribution in [0.3, 0.4) is 0 Å². The van der Waals surface area contributed by atoms with Crippen LogP contribution in [-0.4, -0.2) is 81.4 Å². The van der Waals surface area contributed by atoms with E-state index in [1.54, 1.807) is 24.0 Å². The number of ether oxygens (including phenoxy) is 1. The van der Waals surface area contributed by atoms with Crippen molar-refractivity contribution in [1.82, 2.24) is 9.80 Å². The van der Waals surface area contributed by atoms with Crippen LogP contribution in [0.2, 0.25) is 0 Å². The average molecular weight is 449 g/mol. The molecule has 0 radical (unpaired) electrons. The van der Waals surface area contributed by atoms with Gasteiger partial charge in [-0.25, -0.2) is 13.2 Å². The molecule has 1 saturated heterocycles. The molecule has 1 heterocycles. The van der Waals surface area contributed by atoms with Gasteiger partial charge in [-0.1, -0.05) is 0 Å². The number of hydrogen-bond acceptors (Lipinski definition) is 8. The van der Waals surface area contributed by atoms with Crippen molar-refractivity contribution < 1.29 is 22.7 Å². The third-order valence-electron chi connectivity index (χ3n) is 4.80. The molecule has 10 heteroatoms. The zero-order valence-corrected chi connectivity index (χ0v) is 18.8. The fourth-order valence-corrected chi connectivity index (χ4v) is 4.85. The standard InChI is InChI=1S/C21H28N4O5S/c1-4-30-21(27)16-5-7-18(8-6-16)23-20(26)17(13-22)14-25(11-10-24(2)3)19-9-12-31(28,29)15-19/h5-8,14,19H,4,9-12,15H2,1-3H3,(H,23,26)/b17-14-. The Morgan fingerprint density at radius 3 is 2.45 bits per heavy atom. The van der Waals surface area contributed by atoms with Crippen LogP contribution < -0.4 is 5.32 Å². The van der Waals surface area contributed by atoms with Crippen molar-refractivity contribution in [2.24, 2.45) is 0 Å². The predicted octanol–water partition coefficient (Wildman–Crippen LogP) is 1.26. The number of sulfone groups is 1. The first-order valence-electron chi connectivity index (χ1n) is 9.96. The molecule has 1 N–H and O–H groups in total. The Bertz CT molecular complexity index is 964. The Kier molecular flexibility index (Phi) is 8.59. The van der Waals surface area contributed by atoms with Crippen LogP contribution in [0.1, 0.15) is 23.7 Å². The van der Waals surface area contributed by atoms with Gasteiger partial charge < -0.3 is 19.9 Å². The van der Waals surface area contributed by atoms with Gasteiger partial charge in [-0.15, -0.1) is 0 Å². The van der Waals surface area contributed by atoms with Crippen LogP contribution in [0.25, 0.3) is 0 Å². The fraction of sp³-hybridized carbons (Fsp3) is 0.476. The molecule has 0 spiro atoms. The molecule has 1 atom stereocenters. The Morgan fingerprint density at radius 2 is 1.94 bits per heavy atom. The molecule has 1 aliphatic rings.